The number of methoxy groups -OCH3 is 1. The third kappa shape index (κ3) is 6.14. The molecule has 0 unspecified atom stereocenters. The van der Waals surface area contributed by atoms with E-state index in [4.69, 9.17) is 31.9 Å². The number of nitrogens with one attached hydrogen (secondary N) is 2. The lowest BCUT2D eigenvalue weighted by Gasteiger charge is -2.29. The lowest BCUT2D eigenvalue weighted by atomic mass is 10.0. The number of hydrogen-bond acceptors (Lipinski definition) is 14. The minimum Gasteiger partial charge on any atom is -0.469 e. The van der Waals surface area contributed by atoms with Gasteiger partial charge in [-0.2, -0.15) is 0 Å². The molecule has 2 saturated heterocycles. The molecular formula is C22H30N4O13S. The van der Waals surface area contributed by atoms with E-state index in [1.165, 1.54) is 24.8 Å². The molecule has 8 atom stereocenters. The number of carbonyl (C=O) groups excluding carboxylic acids is 1. The van der Waals surface area contributed by atoms with Crippen LogP contribution in [0.5, 0.6) is 0 Å². The van der Waals surface area contributed by atoms with Gasteiger partial charge in [0.2, 0.25) is 0 Å². The first-order valence-electron chi connectivity index (χ1n) is 11.8. The lowest BCUT2D eigenvalue weighted by Crippen LogP contribution is -2.49. The maximum Gasteiger partial charge on any atom is 0.330 e. The van der Waals surface area contributed by atoms with Crippen LogP contribution >= 0.6 is 12.2 Å². The molecule has 0 spiro atoms. The number of hydrogen-bond donors (Lipinski definition) is 8. The van der Waals surface area contributed by atoms with Crippen molar-refractivity contribution in [3.05, 3.63) is 60.0 Å². The van der Waals surface area contributed by atoms with Gasteiger partial charge in [0.05, 0.1) is 26.7 Å². The molecule has 2 aromatic heterocycles. The first-order chi connectivity index (χ1) is 18.8. The molecule has 0 radical (unpaired) electrons. The van der Waals surface area contributed by atoms with Crippen LogP contribution in [0, 0.1) is 4.77 Å². The van der Waals surface area contributed by atoms with Crippen LogP contribution in [0.2, 0.25) is 0 Å². The second kappa shape index (κ2) is 12.6. The van der Waals surface area contributed by atoms with Gasteiger partial charge >= 0.3 is 11.7 Å². The van der Waals surface area contributed by atoms with E-state index in [-0.39, 0.29) is 16.8 Å². The van der Waals surface area contributed by atoms with E-state index in [0.717, 1.165) is 16.8 Å². The highest BCUT2D eigenvalue weighted by atomic mass is 32.1. The second-order valence-electron chi connectivity index (χ2n) is 9.11. The molecule has 0 amide bonds. The van der Waals surface area contributed by atoms with Crippen molar-refractivity contribution >= 4 is 18.2 Å². The molecule has 18 heteroatoms. The molecule has 2 aliphatic rings. The van der Waals surface area contributed by atoms with Gasteiger partial charge in [0.15, 0.2) is 16.7 Å². The van der Waals surface area contributed by atoms with Gasteiger partial charge in [0, 0.05) is 24.0 Å². The Hall–Kier alpha value is -3.07. The number of aromatic amines is 2. The first-order valence-corrected chi connectivity index (χ1v) is 12.2. The van der Waals surface area contributed by atoms with Crippen LogP contribution in [-0.4, -0.2) is 113 Å². The summed E-state index contributed by atoms with van der Waals surface area (Å²) in [5, 5.41) is 57.4. The number of esters is 1. The maximum atomic E-state index is 11.8. The summed E-state index contributed by atoms with van der Waals surface area (Å²) < 4.78 is 17.3. The van der Waals surface area contributed by atoms with Gasteiger partial charge in [-0.1, -0.05) is 0 Å². The summed E-state index contributed by atoms with van der Waals surface area (Å²) in [5.74, 6) is -0.615. The minimum absolute atomic E-state index is 0.0477. The van der Waals surface area contributed by atoms with E-state index in [9.17, 15) is 39.6 Å². The Balaban J connectivity index is 0.000000225. The maximum absolute atomic E-state index is 11.8. The van der Waals surface area contributed by atoms with Crippen molar-refractivity contribution in [2.24, 2.45) is 0 Å². The Labute approximate surface area is 229 Å². The molecule has 0 aromatic carbocycles. The van der Waals surface area contributed by atoms with Crippen LogP contribution in [-0.2, 0) is 31.2 Å². The minimum atomic E-state index is -1.55. The molecule has 222 valence electrons. The number of nitrogens with zero attached hydrogens (tertiary/aromatic N) is 2. The third-order valence-corrected chi connectivity index (χ3v) is 6.83. The molecule has 2 fully saturated rings. The third-order valence-electron chi connectivity index (χ3n) is 6.52. The summed E-state index contributed by atoms with van der Waals surface area (Å²) in [6.45, 7) is 0.405. The van der Waals surface area contributed by atoms with Gasteiger partial charge in [-0.05, 0) is 19.1 Å². The smallest absolute Gasteiger partial charge is 0.330 e. The number of ether oxygens (including phenoxy) is 3. The van der Waals surface area contributed by atoms with Crippen LogP contribution in [0.15, 0.2) is 32.8 Å². The summed E-state index contributed by atoms with van der Waals surface area (Å²) in [7, 11) is 1.19. The molecule has 40 heavy (non-hydrogen) atoms. The zero-order valence-electron chi connectivity index (χ0n) is 21.2. The number of aromatic nitrogens is 4. The van der Waals surface area contributed by atoms with E-state index in [1.54, 1.807) is 0 Å². The average Bonchev–Trinajstić information content (AvgIpc) is 3.32. The van der Waals surface area contributed by atoms with E-state index in [0.29, 0.717) is 0 Å². The standard InChI is InChI=1S/C12H16N2O7S.C10H14N2O6/c1-20-7(16)2-5-3-14(12(22)13-10(5)19)11-9(18)8(17)6(4-15)21-11;1-10(8(16)7(15)5(4-13)18-10)12-3-2-6(14)11-9(12)17/h3,6,8-9,11,15,17-18H,2,4H2,1H3,(H,13,19,22);2-3,5,7-8,13,15-16H,4H2,1H3,(H,11,14,17)/t6-,8-,9-,11-;5-,7-,8-,10-/m11/s1. The summed E-state index contributed by atoms with van der Waals surface area (Å²) >= 11 is 5.00. The SMILES string of the molecule is COC(=O)Cc1cn([C@@H]2O[C@H](CO)[C@@H](O)[C@H]2O)c(=S)[nH]c1=O.C[C@@]1(n2ccc(=O)[nH]c2=O)O[C@H](CO)[C@@H](O)[C@H]1O. The highest BCUT2D eigenvalue weighted by Gasteiger charge is 2.52. The molecule has 0 aliphatic carbocycles. The monoisotopic (exact) mass is 590 g/mol. The quantitative estimate of drug-likeness (QED) is 0.117. The molecule has 4 rings (SSSR count). The molecule has 2 aliphatic heterocycles. The fourth-order valence-corrected chi connectivity index (χ4v) is 4.51. The fraction of sp³-hybridized carbons (Fsp3) is 0.591. The lowest BCUT2D eigenvalue weighted by molar-refractivity contribution is -0.139. The van der Waals surface area contributed by atoms with Gasteiger partial charge in [0.1, 0.15) is 36.6 Å². The van der Waals surface area contributed by atoms with Gasteiger partial charge in [-0.3, -0.25) is 33.5 Å². The van der Waals surface area contributed by atoms with Gasteiger partial charge in [0.25, 0.3) is 11.1 Å². The highest BCUT2D eigenvalue weighted by Crippen LogP contribution is 2.34. The van der Waals surface area contributed by atoms with Crippen molar-refractivity contribution in [2.75, 3.05) is 20.3 Å². The predicted molar refractivity (Wildman–Crippen MR) is 134 cm³/mol. The Morgan fingerprint density at radius 1 is 1.07 bits per heavy atom. The number of H-pyrrole nitrogens is 2. The van der Waals surface area contributed by atoms with Gasteiger partial charge in [-0.15, -0.1) is 0 Å². The highest BCUT2D eigenvalue weighted by molar-refractivity contribution is 7.71. The van der Waals surface area contributed by atoms with Crippen molar-refractivity contribution in [2.45, 2.75) is 61.9 Å². The summed E-state index contributed by atoms with van der Waals surface area (Å²) in [5.41, 5.74) is -3.38. The molecule has 17 nitrogen and oxygen atoms in total. The molecule has 2 aromatic rings. The van der Waals surface area contributed by atoms with Crippen LogP contribution in [0.25, 0.3) is 0 Å². The number of rotatable bonds is 6. The van der Waals surface area contributed by atoms with Crippen molar-refractivity contribution in [1.82, 2.24) is 19.1 Å². The van der Waals surface area contributed by atoms with Crippen molar-refractivity contribution in [1.29, 1.82) is 0 Å². The molecule has 0 saturated carbocycles. The van der Waals surface area contributed by atoms with Crippen molar-refractivity contribution in [3.8, 4) is 0 Å². The summed E-state index contributed by atoms with van der Waals surface area (Å²) in [6.07, 6.45) is -6.29. The Morgan fingerprint density at radius 2 is 1.73 bits per heavy atom. The van der Waals surface area contributed by atoms with Crippen LogP contribution in [0.1, 0.15) is 18.7 Å². The zero-order chi connectivity index (χ0) is 29.9. The Bertz CT molecular complexity index is 1440. The average molecular weight is 591 g/mol. The zero-order valence-corrected chi connectivity index (χ0v) is 22.1. The molecule has 8 N–H and O–H groups in total. The van der Waals surface area contributed by atoms with E-state index in [1.807, 2.05) is 4.98 Å². The van der Waals surface area contributed by atoms with Crippen LogP contribution < -0.4 is 16.8 Å². The van der Waals surface area contributed by atoms with Crippen LogP contribution in [0.4, 0.5) is 0 Å². The first kappa shape index (κ1) is 31.5. The van der Waals surface area contributed by atoms with E-state index in [2.05, 4.69) is 9.72 Å². The molecular weight excluding hydrogens is 560 g/mol. The second-order valence-corrected chi connectivity index (χ2v) is 9.50. The van der Waals surface area contributed by atoms with Gasteiger partial charge in [-0.25, -0.2) is 4.79 Å². The molecule has 4 heterocycles. The van der Waals surface area contributed by atoms with Crippen LogP contribution in [0.3, 0.4) is 0 Å². The number of aliphatic hydroxyl groups is 6. The van der Waals surface area contributed by atoms with E-state index >= 15 is 0 Å². The summed E-state index contributed by atoms with van der Waals surface area (Å²) in [6, 6.07) is 1.10. The fourth-order valence-electron chi connectivity index (χ4n) is 4.26. The van der Waals surface area contributed by atoms with Crippen molar-refractivity contribution in [3.63, 3.8) is 0 Å². The predicted octanol–water partition coefficient (Wildman–Crippen LogP) is -4.44. The topological polar surface area (TPSA) is 259 Å². The van der Waals surface area contributed by atoms with Crippen molar-refractivity contribution < 1.29 is 49.6 Å². The largest absolute Gasteiger partial charge is 0.469 e. The Morgan fingerprint density at radius 3 is 2.25 bits per heavy atom. The molecule has 0 bridgehead atoms. The summed E-state index contributed by atoms with van der Waals surface area (Å²) in [4.78, 5) is 50.1. The normalized spacial score (nSPS) is 31.4. The van der Waals surface area contributed by atoms with E-state index < -0.39 is 84.6 Å². The Kier molecular flexibility index (Phi) is 9.93. The number of carbonyl (C=O) groups is 1. The van der Waals surface area contributed by atoms with Gasteiger partial charge < -0.3 is 44.8 Å². The number of aliphatic hydroxyl groups excluding tert-OH is 6.